The van der Waals surface area contributed by atoms with Crippen molar-refractivity contribution < 1.29 is 4.74 Å². The average molecular weight is 273 g/mol. The fraction of sp³-hybridized carbons (Fsp3) is 0.412. The summed E-state index contributed by atoms with van der Waals surface area (Å²) in [6.07, 6.45) is 4.20. The number of fused-ring (bicyclic) bond motifs is 1. The second-order valence-electron chi connectivity index (χ2n) is 5.00. The predicted octanol–water partition coefficient (Wildman–Crippen LogP) is 4.40. The maximum absolute atomic E-state index is 5.76. The molecule has 0 unspecified atom stereocenters. The molecule has 0 bridgehead atoms. The number of benzene rings is 2. The normalized spacial score (nSPS) is 16.7. The van der Waals surface area contributed by atoms with E-state index < -0.39 is 0 Å². The van der Waals surface area contributed by atoms with Crippen LogP contribution in [0.4, 0.5) is 0 Å². The smallest absolute Gasteiger partial charge is 0.162 e. The first-order valence-corrected chi connectivity index (χ1v) is 8.78. The Hall–Kier alpha value is -1.15. The molecule has 1 fully saturated rings. The highest BCUT2D eigenvalue weighted by Gasteiger charge is 2.27. The van der Waals surface area contributed by atoms with Crippen LogP contribution < -0.4 is 4.74 Å². The summed E-state index contributed by atoms with van der Waals surface area (Å²) in [5, 5.41) is 2.68. The summed E-state index contributed by atoms with van der Waals surface area (Å²) in [5.74, 6) is 3.78. The Morgan fingerprint density at radius 3 is 2.42 bits per heavy atom. The molecule has 19 heavy (non-hydrogen) atoms. The van der Waals surface area contributed by atoms with E-state index >= 15 is 0 Å². The van der Waals surface area contributed by atoms with E-state index in [0.717, 1.165) is 12.4 Å². The molecule has 0 atom stereocenters. The first-order valence-electron chi connectivity index (χ1n) is 7.22. The third-order valence-electron chi connectivity index (χ3n) is 3.74. The molecule has 0 amide bonds. The first-order chi connectivity index (χ1) is 9.40. The fourth-order valence-electron chi connectivity index (χ4n) is 2.83. The van der Waals surface area contributed by atoms with Crippen molar-refractivity contribution in [2.75, 3.05) is 18.1 Å². The minimum Gasteiger partial charge on any atom is -0.493 e. The molecule has 100 valence electrons. The molecular weight excluding hydrogens is 252 g/mol. The molecule has 1 aliphatic rings. The van der Waals surface area contributed by atoms with Gasteiger partial charge in [0, 0.05) is 21.7 Å². The quantitative estimate of drug-likeness (QED) is 0.753. The molecule has 0 aliphatic carbocycles. The summed E-state index contributed by atoms with van der Waals surface area (Å²) in [6, 6.07) is 13.2. The number of ether oxygens (including phenoxy) is 1. The lowest BCUT2D eigenvalue weighted by Crippen LogP contribution is -2.17. The first kappa shape index (κ1) is 12.9. The third-order valence-corrected chi connectivity index (χ3v) is 6.28. The summed E-state index contributed by atoms with van der Waals surface area (Å²) in [4.78, 5) is 1.55. The molecule has 2 aromatic rings. The third kappa shape index (κ3) is 2.59. The number of rotatable bonds is 3. The Morgan fingerprint density at radius 2 is 1.68 bits per heavy atom. The van der Waals surface area contributed by atoms with E-state index in [9.17, 15) is 0 Å². The molecule has 0 saturated carbocycles. The maximum atomic E-state index is 5.76. The molecule has 0 spiro atoms. The van der Waals surface area contributed by atoms with E-state index in [0.29, 0.717) is 10.9 Å². The van der Waals surface area contributed by atoms with Crippen molar-refractivity contribution in [2.45, 2.75) is 31.1 Å². The van der Waals surface area contributed by atoms with Crippen molar-refractivity contribution in [3.8, 4) is 5.75 Å². The molecular formula is C17H21OS+. The van der Waals surface area contributed by atoms with Crippen LogP contribution in [-0.2, 0) is 10.9 Å². The second kappa shape index (κ2) is 5.87. The lowest BCUT2D eigenvalue weighted by atomic mass is 10.1. The summed E-state index contributed by atoms with van der Waals surface area (Å²) in [7, 11) is 0.450. The Bertz CT molecular complexity index is 558. The summed E-state index contributed by atoms with van der Waals surface area (Å²) in [6.45, 7) is 2.78. The number of hydrogen-bond acceptors (Lipinski definition) is 1. The van der Waals surface area contributed by atoms with Crippen LogP contribution in [-0.4, -0.2) is 18.1 Å². The fourth-order valence-corrected chi connectivity index (χ4v) is 5.33. The van der Waals surface area contributed by atoms with E-state index in [1.54, 1.807) is 4.90 Å². The van der Waals surface area contributed by atoms with Gasteiger partial charge in [-0.1, -0.05) is 18.2 Å². The molecule has 1 aliphatic heterocycles. The summed E-state index contributed by atoms with van der Waals surface area (Å²) >= 11 is 0. The van der Waals surface area contributed by atoms with Crippen molar-refractivity contribution in [3.05, 3.63) is 36.4 Å². The molecule has 0 radical (unpaired) electrons. The van der Waals surface area contributed by atoms with E-state index in [1.165, 1.54) is 41.5 Å². The summed E-state index contributed by atoms with van der Waals surface area (Å²) in [5.41, 5.74) is 0. The van der Waals surface area contributed by atoms with Gasteiger partial charge >= 0.3 is 0 Å². The summed E-state index contributed by atoms with van der Waals surface area (Å²) < 4.78 is 5.76. The molecule has 1 nitrogen and oxygen atoms in total. The molecule has 0 N–H and O–H groups in total. The van der Waals surface area contributed by atoms with E-state index in [1.807, 2.05) is 6.92 Å². The van der Waals surface area contributed by atoms with Crippen molar-refractivity contribution in [2.24, 2.45) is 0 Å². The van der Waals surface area contributed by atoms with Gasteiger partial charge in [-0.3, -0.25) is 0 Å². The molecule has 1 saturated heterocycles. The molecule has 0 aromatic heterocycles. The van der Waals surface area contributed by atoms with Gasteiger partial charge in [-0.05, 0) is 44.4 Å². The lowest BCUT2D eigenvalue weighted by Gasteiger charge is -2.16. The van der Waals surface area contributed by atoms with Gasteiger partial charge < -0.3 is 4.74 Å². The largest absolute Gasteiger partial charge is 0.493 e. The zero-order valence-electron chi connectivity index (χ0n) is 11.5. The zero-order valence-corrected chi connectivity index (χ0v) is 12.3. The lowest BCUT2D eigenvalue weighted by molar-refractivity contribution is 0.344. The SMILES string of the molecule is CCOc1ccc([S+]2CCCCC2)c2ccccc12. The van der Waals surface area contributed by atoms with E-state index in [-0.39, 0.29) is 0 Å². The van der Waals surface area contributed by atoms with Crippen molar-refractivity contribution >= 4 is 21.7 Å². The van der Waals surface area contributed by atoms with Crippen molar-refractivity contribution in [3.63, 3.8) is 0 Å². The average Bonchev–Trinajstić information content (AvgIpc) is 2.49. The van der Waals surface area contributed by atoms with Gasteiger partial charge in [-0.25, -0.2) is 0 Å². The topological polar surface area (TPSA) is 9.23 Å². The monoisotopic (exact) mass is 273 g/mol. The minimum atomic E-state index is 0.450. The van der Waals surface area contributed by atoms with Crippen LogP contribution in [0, 0.1) is 0 Å². The van der Waals surface area contributed by atoms with Crippen molar-refractivity contribution in [1.82, 2.24) is 0 Å². The van der Waals surface area contributed by atoms with Crippen LogP contribution in [0.5, 0.6) is 5.75 Å². The Labute approximate surface area is 118 Å². The van der Waals surface area contributed by atoms with Gasteiger partial charge in [0.1, 0.15) is 17.3 Å². The van der Waals surface area contributed by atoms with E-state index in [2.05, 4.69) is 36.4 Å². The highest BCUT2D eigenvalue weighted by atomic mass is 32.2. The molecule has 2 heteroatoms. The molecule has 1 heterocycles. The van der Waals surface area contributed by atoms with Crippen molar-refractivity contribution in [1.29, 1.82) is 0 Å². The molecule has 2 aromatic carbocycles. The van der Waals surface area contributed by atoms with Crippen LogP contribution >= 0.6 is 0 Å². The van der Waals surface area contributed by atoms with Gasteiger partial charge in [0.2, 0.25) is 0 Å². The highest BCUT2D eigenvalue weighted by molar-refractivity contribution is 7.97. The van der Waals surface area contributed by atoms with Crippen LogP contribution in [0.3, 0.4) is 0 Å². The standard InChI is InChI=1S/C17H21OS/c1-2-18-16-10-11-17(19-12-6-3-7-13-19)15-9-5-4-8-14(15)16/h4-5,8-11H,2-3,6-7,12-13H2,1H3/q+1. The second-order valence-corrected chi connectivity index (χ2v) is 7.24. The Balaban J connectivity index is 2.07. The highest BCUT2D eigenvalue weighted by Crippen LogP contribution is 2.34. The van der Waals surface area contributed by atoms with Crippen LogP contribution in [0.2, 0.25) is 0 Å². The van der Waals surface area contributed by atoms with Gasteiger partial charge in [-0.2, -0.15) is 0 Å². The number of hydrogen-bond donors (Lipinski definition) is 0. The predicted molar refractivity (Wildman–Crippen MR) is 84.3 cm³/mol. The van der Waals surface area contributed by atoms with E-state index in [4.69, 9.17) is 4.74 Å². The van der Waals surface area contributed by atoms with Gasteiger partial charge in [0.15, 0.2) is 4.90 Å². The maximum Gasteiger partial charge on any atom is 0.162 e. The van der Waals surface area contributed by atoms with Gasteiger partial charge in [0.25, 0.3) is 0 Å². The Kier molecular flexibility index (Phi) is 3.97. The van der Waals surface area contributed by atoms with Crippen LogP contribution in [0.1, 0.15) is 26.2 Å². The van der Waals surface area contributed by atoms with Crippen LogP contribution in [0.15, 0.2) is 41.3 Å². The zero-order chi connectivity index (χ0) is 13.1. The minimum absolute atomic E-state index is 0.450. The van der Waals surface area contributed by atoms with Gasteiger partial charge in [0.05, 0.1) is 6.61 Å². The van der Waals surface area contributed by atoms with Gasteiger partial charge in [-0.15, -0.1) is 0 Å². The van der Waals surface area contributed by atoms with Crippen LogP contribution in [0.25, 0.3) is 10.8 Å². The Morgan fingerprint density at radius 1 is 0.947 bits per heavy atom. The molecule has 3 rings (SSSR count).